The fourth-order valence-corrected chi connectivity index (χ4v) is 2.00. The van der Waals surface area contributed by atoms with E-state index in [2.05, 4.69) is 15.3 Å². The van der Waals surface area contributed by atoms with Crippen LogP contribution in [0.15, 0.2) is 48.7 Å². The van der Waals surface area contributed by atoms with Gasteiger partial charge >= 0.3 is 11.9 Å². The second-order valence-corrected chi connectivity index (χ2v) is 4.62. The number of benzene rings is 1. The number of hydrogen-bond donors (Lipinski definition) is 2. The number of carboxylic acid groups (broad SMARTS) is 2. The van der Waals surface area contributed by atoms with Crippen LogP contribution >= 0.6 is 0 Å². The van der Waals surface area contributed by atoms with E-state index in [4.69, 9.17) is 10.2 Å². The predicted octanol–water partition coefficient (Wildman–Crippen LogP) is 1.73. The fraction of sp³-hybridized carbons (Fsp3) is 0. The maximum absolute atomic E-state index is 11.1. The van der Waals surface area contributed by atoms with Crippen molar-refractivity contribution in [3.8, 4) is 16.9 Å². The maximum atomic E-state index is 11.1. The Bertz CT molecular complexity index is 857. The van der Waals surface area contributed by atoms with E-state index in [9.17, 15) is 9.59 Å². The highest BCUT2D eigenvalue weighted by atomic mass is 16.4. The molecule has 1 aromatic carbocycles. The van der Waals surface area contributed by atoms with Crippen molar-refractivity contribution in [2.45, 2.75) is 0 Å². The molecule has 2 aromatic heterocycles. The number of nitrogens with zero attached hydrogens (tertiary/aromatic N) is 4. The van der Waals surface area contributed by atoms with Gasteiger partial charge in [-0.15, -0.1) is 5.10 Å². The van der Waals surface area contributed by atoms with Crippen LogP contribution in [0.3, 0.4) is 0 Å². The number of rotatable bonds is 4. The van der Waals surface area contributed by atoms with Gasteiger partial charge in [-0.2, -0.15) is 0 Å². The molecule has 0 fully saturated rings. The lowest BCUT2D eigenvalue weighted by atomic mass is 10.1. The van der Waals surface area contributed by atoms with Crippen molar-refractivity contribution >= 4 is 11.9 Å². The molecule has 0 saturated carbocycles. The van der Waals surface area contributed by atoms with E-state index in [1.807, 2.05) is 30.3 Å². The van der Waals surface area contributed by atoms with E-state index in [-0.39, 0.29) is 11.4 Å². The summed E-state index contributed by atoms with van der Waals surface area (Å²) in [6, 6.07) is 11.7. The molecule has 23 heavy (non-hydrogen) atoms. The standard InChI is InChI=1S/C15H10N4O4/c20-14(21)11-6-9(7-12(16-11)15(22)23)13-8-19(18-17-13)10-4-2-1-3-5-10/h1-8H,(H,20,21)(H,22,23). The summed E-state index contributed by atoms with van der Waals surface area (Å²) in [5, 5.41) is 26.0. The van der Waals surface area contributed by atoms with Crippen LogP contribution in [0.4, 0.5) is 0 Å². The molecule has 114 valence electrons. The van der Waals surface area contributed by atoms with Gasteiger partial charge in [0.1, 0.15) is 17.1 Å². The Kier molecular flexibility index (Phi) is 3.55. The third-order valence-electron chi connectivity index (χ3n) is 3.07. The molecule has 0 spiro atoms. The van der Waals surface area contributed by atoms with Gasteiger partial charge in [0.25, 0.3) is 0 Å². The Morgan fingerprint density at radius 1 is 0.957 bits per heavy atom. The minimum absolute atomic E-state index is 0.317. The van der Waals surface area contributed by atoms with Crippen molar-refractivity contribution in [1.29, 1.82) is 0 Å². The summed E-state index contributed by atoms with van der Waals surface area (Å²) in [5.74, 6) is -2.63. The summed E-state index contributed by atoms with van der Waals surface area (Å²) in [6.45, 7) is 0. The van der Waals surface area contributed by atoms with Crippen molar-refractivity contribution in [2.24, 2.45) is 0 Å². The molecule has 0 unspecified atom stereocenters. The first-order chi connectivity index (χ1) is 11.0. The Morgan fingerprint density at radius 3 is 2.13 bits per heavy atom. The van der Waals surface area contributed by atoms with Crippen LogP contribution in [0.5, 0.6) is 0 Å². The van der Waals surface area contributed by atoms with Crippen molar-refractivity contribution in [2.75, 3.05) is 0 Å². The van der Waals surface area contributed by atoms with Gasteiger partial charge in [0.2, 0.25) is 0 Å². The number of carbonyl (C=O) groups is 2. The van der Waals surface area contributed by atoms with Crippen LogP contribution in [0.2, 0.25) is 0 Å². The van der Waals surface area contributed by atoms with E-state index < -0.39 is 11.9 Å². The first-order valence-corrected chi connectivity index (χ1v) is 6.51. The van der Waals surface area contributed by atoms with Gasteiger partial charge in [0.05, 0.1) is 11.9 Å². The summed E-state index contributed by atoms with van der Waals surface area (Å²) in [4.78, 5) is 25.7. The van der Waals surface area contributed by atoms with Crippen LogP contribution in [0.25, 0.3) is 16.9 Å². The van der Waals surface area contributed by atoms with Crippen molar-refractivity contribution < 1.29 is 19.8 Å². The number of hydrogen-bond acceptors (Lipinski definition) is 5. The summed E-state index contributed by atoms with van der Waals surface area (Å²) in [6.07, 6.45) is 1.59. The molecule has 0 aliphatic carbocycles. The van der Waals surface area contributed by atoms with Crippen molar-refractivity contribution in [3.63, 3.8) is 0 Å². The Hall–Kier alpha value is -3.55. The van der Waals surface area contributed by atoms with Crippen LogP contribution in [0, 0.1) is 0 Å². The van der Waals surface area contributed by atoms with E-state index in [1.165, 1.54) is 16.8 Å². The molecule has 3 aromatic rings. The molecule has 0 amide bonds. The van der Waals surface area contributed by atoms with Crippen LogP contribution in [0.1, 0.15) is 21.0 Å². The number of carboxylic acids is 2. The van der Waals surface area contributed by atoms with Crippen LogP contribution < -0.4 is 0 Å². The number of para-hydroxylation sites is 1. The molecule has 0 saturated heterocycles. The minimum atomic E-state index is -1.31. The number of pyridine rings is 1. The monoisotopic (exact) mass is 310 g/mol. The highest BCUT2D eigenvalue weighted by Gasteiger charge is 2.16. The van der Waals surface area contributed by atoms with Crippen LogP contribution in [-0.4, -0.2) is 42.1 Å². The van der Waals surface area contributed by atoms with Crippen molar-refractivity contribution in [1.82, 2.24) is 20.0 Å². The minimum Gasteiger partial charge on any atom is -0.477 e. The van der Waals surface area contributed by atoms with Gasteiger partial charge in [-0.25, -0.2) is 19.3 Å². The Labute approximate surface area is 129 Å². The summed E-state index contributed by atoms with van der Waals surface area (Å²) >= 11 is 0. The normalized spacial score (nSPS) is 10.4. The molecule has 0 bridgehead atoms. The molecule has 3 rings (SSSR count). The largest absolute Gasteiger partial charge is 0.477 e. The van der Waals surface area contributed by atoms with Gasteiger partial charge in [0.15, 0.2) is 0 Å². The van der Waals surface area contributed by atoms with Gasteiger partial charge in [0, 0.05) is 5.56 Å². The lowest BCUT2D eigenvalue weighted by Crippen LogP contribution is -2.07. The molecule has 0 aliphatic rings. The average Bonchev–Trinajstić information content (AvgIpc) is 3.05. The van der Waals surface area contributed by atoms with Crippen LogP contribution in [-0.2, 0) is 0 Å². The molecule has 2 heterocycles. The molecule has 8 nitrogen and oxygen atoms in total. The predicted molar refractivity (Wildman–Crippen MR) is 78.5 cm³/mol. The Balaban J connectivity index is 2.07. The SMILES string of the molecule is O=C(O)c1cc(-c2cn(-c3ccccc3)nn2)cc(C(=O)O)n1. The average molecular weight is 310 g/mol. The fourth-order valence-electron chi connectivity index (χ4n) is 2.00. The smallest absolute Gasteiger partial charge is 0.354 e. The Morgan fingerprint density at radius 2 is 1.57 bits per heavy atom. The molecule has 0 atom stereocenters. The lowest BCUT2D eigenvalue weighted by molar-refractivity contribution is 0.0685. The highest BCUT2D eigenvalue weighted by Crippen LogP contribution is 2.20. The zero-order chi connectivity index (χ0) is 16.4. The topological polar surface area (TPSA) is 118 Å². The molecular formula is C15H10N4O4. The van der Waals surface area contributed by atoms with Gasteiger partial charge in [-0.3, -0.25) is 0 Å². The second kappa shape index (κ2) is 5.68. The van der Waals surface area contributed by atoms with Crippen molar-refractivity contribution in [3.05, 3.63) is 60.0 Å². The number of aromatic nitrogens is 4. The first-order valence-electron chi connectivity index (χ1n) is 6.51. The summed E-state index contributed by atoms with van der Waals surface area (Å²) in [7, 11) is 0. The van der Waals surface area contributed by atoms with Gasteiger partial charge < -0.3 is 10.2 Å². The zero-order valence-corrected chi connectivity index (χ0v) is 11.6. The van der Waals surface area contributed by atoms with E-state index >= 15 is 0 Å². The lowest BCUT2D eigenvalue weighted by Gasteiger charge is -2.01. The van der Waals surface area contributed by atoms with E-state index in [0.717, 1.165) is 5.69 Å². The van der Waals surface area contributed by atoms with Gasteiger partial charge in [-0.05, 0) is 24.3 Å². The third-order valence-corrected chi connectivity index (χ3v) is 3.07. The molecule has 2 N–H and O–H groups in total. The third kappa shape index (κ3) is 2.91. The summed E-state index contributed by atoms with van der Waals surface area (Å²) in [5.41, 5.74) is 0.707. The molecule has 0 radical (unpaired) electrons. The highest BCUT2D eigenvalue weighted by molar-refractivity contribution is 5.92. The van der Waals surface area contributed by atoms with E-state index in [1.54, 1.807) is 6.20 Å². The van der Waals surface area contributed by atoms with E-state index in [0.29, 0.717) is 11.3 Å². The quantitative estimate of drug-likeness (QED) is 0.753. The molecule has 8 heteroatoms. The molecular weight excluding hydrogens is 300 g/mol. The maximum Gasteiger partial charge on any atom is 0.354 e. The summed E-state index contributed by atoms with van der Waals surface area (Å²) < 4.78 is 1.51. The first kappa shape index (κ1) is 14.4. The molecule has 0 aliphatic heterocycles. The van der Waals surface area contributed by atoms with Gasteiger partial charge in [-0.1, -0.05) is 23.4 Å². The second-order valence-electron chi connectivity index (χ2n) is 4.62. The number of aromatic carboxylic acids is 2. The zero-order valence-electron chi connectivity index (χ0n) is 11.6.